The maximum Gasteiger partial charge on any atom is 0.228 e. The average Bonchev–Trinajstić information content (AvgIpc) is 2.56. The van der Waals surface area contributed by atoms with Crippen LogP contribution in [0.25, 0.3) is 0 Å². The monoisotopic (exact) mass is 342 g/mol. The van der Waals surface area contributed by atoms with Gasteiger partial charge in [-0.3, -0.25) is 4.79 Å². The Morgan fingerprint density at radius 2 is 1.96 bits per heavy atom. The van der Waals surface area contributed by atoms with E-state index in [1.54, 1.807) is 7.11 Å². The first-order chi connectivity index (χ1) is 10.8. The zero-order valence-electron chi connectivity index (χ0n) is 13.7. The summed E-state index contributed by atoms with van der Waals surface area (Å²) in [7, 11) is 1.65. The fourth-order valence-corrected chi connectivity index (χ4v) is 2.81. The number of methoxy groups -OCH3 is 1. The number of ether oxygens (including phenoxy) is 2. The Morgan fingerprint density at radius 1 is 1.26 bits per heavy atom. The highest BCUT2D eigenvalue weighted by Gasteiger charge is 2.39. The highest BCUT2D eigenvalue weighted by molar-refractivity contribution is 5.85. The number of hydrogen-bond acceptors (Lipinski definition) is 4. The van der Waals surface area contributed by atoms with Gasteiger partial charge < -0.3 is 20.1 Å². The molecule has 1 heterocycles. The van der Waals surface area contributed by atoms with Crippen molar-refractivity contribution in [1.29, 1.82) is 0 Å². The summed E-state index contributed by atoms with van der Waals surface area (Å²) < 4.78 is 10.9. The van der Waals surface area contributed by atoms with Gasteiger partial charge in [0.1, 0.15) is 0 Å². The lowest BCUT2D eigenvalue weighted by atomic mass is 9.78. The van der Waals surface area contributed by atoms with Crippen molar-refractivity contribution in [3.05, 3.63) is 35.9 Å². The van der Waals surface area contributed by atoms with Crippen molar-refractivity contribution in [3.63, 3.8) is 0 Å². The minimum atomic E-state index is -0.389. The van der Waals surface area contributed by atoms with Crippen molar-refractivity contribution in [2.24, 2.45) is 5.41 Å². The molecule has 1 aliphatic rings. The van der Waals surface area contributed by atoms with Crippen LogP contribution in [-0.4, -0.2) is 45.9 Å². The summed E-state index contributed by atoms with van der Waals surface area (Å²) in [4.78, 5) is 12.5. The van der Waals surface area contributed by atoms with Crippen LogP contribution in [0.1, 0.15) is 18.4 Å². The van der Waals surface area contributed by atoms with Crippen molar-refractivity contribution >= 4 is 18.3 Å². The van der Waals surface area contributed by atoms with Gasteiger partial charge in [0.2, 0.25) is 5.91 Å². The van der Waals surface area contributed by atoms with Gasteiger partial charge in [-0.25, -0.2) is 0 Å². The molecule has 2 N–H and O–H groups in total. The van der Waals surface area contributed by atoms with Crippen LogP contribution in [0.2, 0.25) is 0 Å². The maximum atomic E-state index is 12.5. The molecule has 1 amide bonds. The fourth-order valence-electron chi connectivity index (χ4n) is 2.81. The van der Waals surface area contributed by atoms with Gasteiger partial charge in [-0.15, -0.1) is 12.4 Å². The molecule has 6 heteroatoms. The van der Waals surface area contributed by atoms with Crippen molar-refractivity contribution in [2.45, 2.75) is 19.4 Å². The van der Waals surface area contributed by atoms with Crippen molar-refractivity contribution in [1.82, 2.24) is 10.6 Å². The Kier molecular flexibility index (Phi) is 9.17. The van der Waals surface area contributed by atoms with Crippen molar-refractivity contribution in [2.75, 3.05) is 40.0 Å². The predicted octanol–water partition coefficient (Wildman–Crippen LogP) is 1.76. The van der Waals surface area contributed by atoms with Crippen LogP contribution in [0.5, 0.6) is 0 Å². The summed E-state index contributed by atoms with van der Waals surface area (Å²) in [6.45, 7) is 3.82. The molecule has 0 bridgehead atoms. The number of halogens is 1. The number of carbonyl (C=O) groups is 1. The molecule has 1 aromatic carbocycles. The molecule has 0 saturated carbocycles. The van der Waals surface area contributed by atoms with Crippen molar-refractivity contribution in [3.8, 4) is 0 Å². The number of rotatable bonds is 8. The fraction of sp³-hybridized carbons (Fsp3) is 0.588. The molecule has 1 saturated heterocycles. The lowest BCUT2D eigenvalue weighted by Gasteiger charge is -2.35. The van der Waals surface area contributed by atoms with Gasteiger partial charge >= 0.3 is 0 Å². The first kappa shape index (κ1) is 19.9. The van der Waals surface area contributed by atoms with Crippen LogP contribution in [0.15, 0.2) is 30.3 Å². The highest BCUT2D eigenvalue weighted by atomic mass is 35.5. The molecular weight excluding hydrogens is 316 g/mol. The minimum Gasteiger partial charge on any atom is -0.384 e. The molecule has 0 aliphatic carbocycles. The second-order valence-corrected chi connectivity index (χ2v) is 5.76. The molecule has 0 atom stereocenters. The molecule has 0 radical (unpaired) electrons. The summed E-state index contributed by atoms with van der Waals surface area (Å²) in [5, 5.41) is 6.28. The van der Waals surface area contributed by atoms with Gasteiger partial charge in [-0.05, 0) is 31.5 Å². The van der Waals surface area contributed by atoms with E-state index in [2.05, 4.69) is 10.6 Å². The number of benzene rings is 1. The van der Waals surface area contributed by atoms with Gasteiger partial charge in [0.05, 0.1) is 25.2 Å². The highest BCUT2D eigenvalue weighted by Crippen LogP contribution is 2.29. The maximum absolute atomic E-state index is 12.5. The second-order valence-electron chi connectivity index (χ2n) is 5.76. The van der Waals surface area contributed by atoms with Gasteiger partial charge in [-0.2, -0.15) is 0 Å². The molecule has 130 valence electrons. The van der Waals surface area contributed by atoms with Gasteiger partial charge in [-0.1, -0.05) is 30.3 Å². The lowest BCUT2D eigenvalue weighted by Crippen LogP contribution is -2.50. The second kappa shape index (κ2) is 10.6. The zero-order valence-corrected chi connectivity index (χ0v) is 14.5. The normalized spacial score (nSPS) is 16.4. The van der Waals surface area contributed by atoms with E-state index in [1.165, 1.54) is 0 Å². The third kappa shape index (κ3) is 6.11. The Bertz CT molecular complexity index is 445. The van der Waals surface area contributed by atoms with Crippen LogP contribution in [0, 0.1) is 5.41 Å². The Morgan fingerprint density at radius 3 is 2.61 bits per heavy atom. The number of hydrogen-bond donors (Lipinski definition) is 2. The molecular formula is C17H27ClN2O3. The summed E-state index contributed by atoms with van der Waals surface area (Å²) in [6.07, 6.45) is 1.63. The first-order valence-corrected chi connectivity index (χ1v) is 7.86. The van der Waals surface area contributed by atoms with Gasteiger partial charge in [0.25, 0.3) is 0 Å². The average molecular weight is 343 g/mol. The molecule has 0 spiro atoms. The topological polar surface area (TPSA) is 59.6 Å². The van der Waals surface area contributed by atoms with E-state index in [9.17, 15) is 4.79 Å². The van der Waals surface area contributed by atoms with Gasteiger partial charge in [0.15, 0.2) is 0 Å². The third-order valence-electron chi connectivity index (χ3n) is 4.11. The summed E-state index contributed by atoms with van der Waals surface area (Å²) in [5.41, 5.74) is 0.752. The number of carbonyl (C=O) groups excluding carboxylic acids is 1. The molecule has 1 fully saturated rings. The standard InChI is InChI=1S/C17H26N2O3.ClH/c1-21-14-17(7-9-18-10-8-17)16(20)19-11-12-22-13-15-5-3-2-4-6-15;/h2-6,18H,7-14H2,1H3,(H,19,20);1H. The smallest absolute Gasteiger partial charge is 0.228 e. The predicted molar refractivity (Wildman–Crippen MR) is 92.8 cm³/mol. The molecule has 0 unspecified atom stereocenters. The minimum absolute atomic E-state index is 0. The summed E-state index contributed by atoms with van der Waals surface area (Å²) in [5.74, 6) is 0.0826. The van der Waals surface area contributed by atoms with E-state index in [1.807, 2.05) is 30.3 Å². The Hall–Kier alpha value is -1.14. The van der Waals surface area contributed by atoms with E-state index in [0.717, 1.165) is 31.5 Å². The van der Waals surface area contributed by atoms with Crippen LogP contribution in [0.3, 0.4) is 0 Å². The molecule has 0 aromatic heterocycles. The molecule has 1 aliphatic heterocycles. The Labute approximate surface area is 144 Å². The molecule has 23 heavy (non-hydrogen) atoms. The third-order valence-corrected chi connectivity index (χ3v) is 4.11. The van der Waals surface area contributed by atoms with E-state index in [4.69, 9.17) is 9.47 Å². The van der Waals surface area contributed by atoms with Crippen LogP contribution < -0.4 is 10.6 Å². The van der Waals surface area contributed by atoms with Gasteiger partial charge in [0, 0.05) is 13.7 Å². The largest absolute Gasteiger partial charge is 0.384 e. The quantitative estimate of drug-likeness (QED) is 0.707. The van der Waals surface area contributed by atoms with Crippen LogP contribution in [-0.2, 0) is 20.9 Å². The SMILES string of the molecule is COCC1(C(=O)NCCOCc2ccccc2)CCNCC1.Cl. The van der Waals surface area contributed by atoms with Crippen molar-refractivity contribution < 1.29 is 14.3 Å². The number of piperidine rings is 1. The van der Waals surface area contributed by atoms with E-state index >= 15 is 0 Å². The Balaban J connectivity index is 0.00000264. The zero-order chi connectivity index (χ0) is 15.7. The first-order valence-electron chi connectivity index (χ1n) is 7.86. The number of nitrogens with one attached hydrogen (secondary N) is 2. The number of amides is 1. The van der Waals surface area contributed by atoms with E-state index in [-0.39, 0.29) is 23.7 Å². The lowest BCUT2D eigenvalue weighted by molar-refractivity contribution is -0.136. The molecule has 2 rings (SSSR count). The molecule has 5 nitrogen and oxygen atoms in total. The summed E-state index contributed by atoms with van der Waals surface area (Å²) in [6, 6.07) is 10.0. The van der Waals surface area contributed by atoms with Crippen LogP contribution >= 0.6 is 12.4 Å². The van der Waals surface area contributed by atoms with Crippen LogP contribution in [0.4, 0.5) is 0 Å². The van der Waals surface area contributed by atoms with E-state index < -0.39 is 0 Å². The van der Waals surface area contributed by atoms with E-state index in [0.29, 0.717) is 26.4 Å². The summed E-state index contributed by atoms with van der Waals surface area (Å²) >= 11 is 0. The molecule has 1 aromatic rings.